The highest BCUT2D eigenvalue weighted by Gasteiger charge is 2.14. The zero-order valence-electron chi connectivity index (χ0n) is 11.7. The maximum Gasteiger partial charge on any atom is 0.275 e. The first-order chi connectivity index (χ1) is 10.8. The van der Waals surface area contributed by atoms with Crippen molar-refractivity contribution in [1.29, 1.82) is 0 Å². The molecule has 3 aromatic rings. The second-order valence-corrected chi connectivity index (χ2v) is 5.14. The number of anilines is 1. The molecule has 0 atom stereocenters. The number of methoxy groups -OCH3 is 1. The molecule has 22 heavy (non-hydrogen) atoms. The van der Waals surface area contributed by atoms with Crippen LogP contribution < -0.4 is 10.1 Å². The number of nitrogens with one attached hydrogen (secondary N) is 1. The van der Waals surface area contributed by atoms with E-state index < -0.39 is 0 Å². The van der Waals surface area contributed by atoms with Gasteiger partial charge in [-0.1, -0.05) is 12.1 Å². The molecule has 0 fully saturated rings. The SMILES string of the molecule is COc1ccccc1NC(=O)c1csc(-c2cnccn2)n1. The third-order valence-electron chi connectivity index (χ3n) is 2.87. The molecule has 0 bridgehead atoms. The van der Waals surface area contributed by atoms with Crippen molar-refractivity contribution < 1.29 is 9.53 Å². The Kier molecular flexibility index (Phi) is 4.06. The number of amides is 1. The summed E-state index contributed by atoms with van der Waals surface area (Å²) < 4.78 is 5.21. The van der Waals surface area contributed by atoms with Crippen LogP contribution in [0.1, 0.15) is 10.5 Å². The number of hydrogen-bond acceptors (Lipinski definition) is 6. The normalized spacial score (nSPS) is 10.2. The molecule has 2 heterocycles. The molecule has 110 valence electrons. The van der Waals surface area contributed by atoms with Gasteiger partial charge in [-0.05, 0) is 12.1 Å². The highest BCUT2D eigenvalue weighted by Crippen LogP contribution is 2.25. The summed E-state index contributed by atoms with van der Waals surface area (Å²) in [4.78, 5) is 24.7. The van der Waals surface area contributed by atoms with E-state index in [-0.39, 0.29) is 5.91 Å². The average molecular weight is 312 g/mol. The molecule has 0 radical (unpaired) electrons. The number of thiazole rings is 1. The molecule has 0 aliphatic rings. The Balaban J connectivity index is 1.80. The quantitative estimate of drug-likeness (QED) is 0.801. The molecule has 1 aromatic carbocycles. The summed E-state index contributed by atoms with van der Waals surface area (Å²) in [6.07, 6.45) is 4.79. The third kappa shape index (κ3) is 2.94. The number of carbonyl (C=O) groups is 1. The van der Waals surface area contributed by atoms with Crippen molar-refractivity contribution in [3.63, 3.8) is 0 Å². The smallest absolute Gasteiger partial charge is 0.275 e. The van der Waals surface area contributed by atoms with Crippen LogP contribution in [0.2, 0.25) is 0 Å². The van der Waals surface area contributed by atoms with E-state index in [0.717, 1.165) is 0 Å². The molecule has 1 amide bonds. The lowest BCUT2D eigenvalue weighted by molar-refractivity contribution is 0.102. The van der Waals surface area contributed by atoms with Gasteiger partial charge in [0.2, 0.25) is 0 Å². The average Bonchev–Trinajstić information content (AvgIpc) is 3.06. The van der Waals surface area contributed by atoms with Gasteiger partial charge in [0.1, 0.15) is 22.1 Å². The molecule has 2 aromatic heterocycles. The summed E-state index contributed by atoms with van der Waals surface area (Å²) in [7, 11) is 1.56. The van der Waals surface area contributed by atoms with Gasteiger partial charge in [0, 0.05) is 17.8 Å². The van der Waals surface area contributed by atoms with Gasteiger partial charge < -0.3 is 10.1 Å². The Morgan fingerprint density at radius 2 is 2.14 bits per heavy atom. The van der Waals surface area contributed by atoms with E-state index in [9.17, 15) is 4.79 Å². The first-order valence-corrected chi connectivity index (χ1v) is 7.32. The second kappa shape index (κ2) is 6.31. The van der Waals surface area contributed by atoms with E-state index in [0.29, 0.717) is 27.8 Å². The first kappa shape index (κ1) is 14.2. The first-order valence-electron chi connectivity index (χ1n) is 6.44. The Hall–Kier alpha value is -2.80. The number of ether oxygens (including phenoxy) is 1. The summed E-state index contributed by atoms with van der Waals surface area (Å²) in [5.74, 6) is 0.302. The van der Waals surface area contributed by atoms with Gasteiger partial charge in [-0.2, -0.15) is 0 Å². The predicted octanol–water partition coefficient (Wildman–Crippen LogP) is 2.86. The van der Waals surface area contributed by atoms with Gasteiger partial charge in [-0.15, -0.1) is 11.3 Å². The van der Waals surface area contributed by atoms with Crippen molar-refractivity contribution in [1.82, 2.24) is 15.0 Å². The lowest BCUT2D eigenvalue weighted by atomic mass is 10.3. The van der Waals surface area contributed by atoms with E-state index >= 15 is 0 Å². The van der Waals surface area contributed by atoms with Crippen molar-refractivity contribution in [2.75, 3.05) is 12.4 Å². The van der Waals surface area contributed by atoms with Crippen molar-refractivity contribution in [3.05, 3.63) is 53.9 Å². The van der Waals surface area contributed by atoms with Crippen LogP contribution in [-0.2, 0) is 0 Å². The van der Waals surface area contributed by atoms with Crippen LogP contribution in [0.3, 0.4) is 0 Å². The van der Waals surface area contributed by atoms with E-state index in [1.165, 1.54) is 11.3 Å². The monoisotopic (exact) mass is 312 g/mol. The van der Waals surface area contributed by atoms with E-state index in [1.54, 1.807) is 43.2 Å². The molecule has 0 unspecified atom stereocenters. The van der Waals surface area contributed by atoms with Crippen LogP contribution in [0.25, 0.3) is 10.7 Å². The summed E-state index contributed by atoms with van der Waals surface area (Å²) in [5.41, 5.74) is 1.57. The number of carbonyl (C=O) groups excluding carboxylic acids is 1. The minimum Gasteiger partial charge on any atom is -0.495 e. The van der Waals surface area contributed by atoms with Gasteiger partial charge in [-0.25, -0.2) is 4.98 Å². The molecule has 1 N–H and O–H groups in total. The van der Waals surface area contributed by atoms with Crippen molar-refractivity contribution in [3.8, 4) is 16.5 Å². The minimum absolute atomic E-state index is 0.295. The fourth-order valence-electron chi connectivity index (χ4n) is 1.84. The number of para-hydroxylation sites is 2. The standard InChI is InChI=1S/C15H12N4O2S/c1-21-13-5-3-2-4-10(13)18-14(20)12-9-22-15(19-12)11-8-16-6-7-17-11/h2-9H,1H3,(H,18,20). The Bertz CT molecular complexity index is 789. The van der Waals surface area contributed by atoms with Crippen LogP contribution in [-0.4, -0.2) is 28.0 Å². The number of nitrogens with zero attached hydrogens (tertiary/aromatic N) is 3. The van der Waals surface area contributed by atoms with Crippen molar-refractivity contribution in [2.45, 2.75) is 0 Å². The summed E-state index contributed by atoms with van der Waals surface area (Å²) in [6.45, 7) is 0. The number of benzene rings is 1. The maximum atomic E-state index is 12.3. The highest BCUT2D eigenvalue weighted by molar-refractivity contribution is 7.13. The van der Waals surface area contributed by atoms with E-state index in [1.807, 2.05) is 12.1 Å². The Labute approximate surface area is 130 Å². The molecular weight excluding hydrogens is 300 g/mol. The van der Waals surface area contributed by atoms with Crippen LogP contribution in [0, 0.1) is 0 Å². The molecule has 0 saturated carbocycles. The molecule has 0 aliphatic carbocycles. The lowest BCUT2D eigenvalue weighted by Crippen LogP contribution is -2.13. The van der Waals surface area contributed by atoms with Gasteiger partial charge in [0.25, 0.3) is 5.91 Å². The molecule has 0 aliphatic heterocycles. The van der Waals surface area contributed by atoms with Crippen LogP contribution in [0.5, 0.6) is 5.75 Å². The largest absolute Gasteiger partial charge is 0.495 e. The third-order valence-corrected chi connectivity index (χ3v) is 3.74. The van der Waals surface area contributed by atoms with Crippen LogP contribution in [0.15, 0.2) is 48.2 Å². The summed E-state index contributed by atoms with van der Waals surface area (Å²) in [5, 5.41) is 5.13. The zero-order valence-corrected chi connectivity index (χ0v) is 12.5. The fraction of sp³-hybridized carbons (Fsp3) is 0.0667. The van der Waals surface area contributed by atoms with Crippen molar-refractivity contribution >= 4 is 22.9 Å². The predicted molar refractivity (Wildman–Crippen MR) is 84.1 cm³/mol. The molecule has 7 heteroatoms. The zero-order chi connectivity index (χ0) is 15.4. The Morgan fingerprint density at radius 1 is 1.27 bits per heavy atom. The van der Waals surface area contributed by atoms with Gasteiger partial charge in [-0.3, -0.25) is 14.8 Å². The summed E-state index contributed by atoms with van der Waals surface area (Å²) >= 11 is 1.35. The van der Waals surface area contributed by atoms with Crippen LogP contribution >= 0.6 is 11.3 Å². The molecular formula is C15H12N4O2S. The topological polar surface area (TPSA) is 77.0 Å². The van der Waals surface area contributed by atoms with Gasteiger partial charge in [0.05, 0.1) is 19.0 Å². The van der Waals surface area contributed by atoms with Gasteiger partial charge in [0.15, 0.2) is 0 Å². The highest BCUT2D eigenvalue weighted by atomic mass is 32.1. The number of aromatic nitrogens is 3. The van der Waals surface area contributed by atoms with Gasteiger partial charge >= 0.3 is 0 Å². The molecule has 6 nitrogen and oxygen atoms in total. The molecule has 0 saturated heterocycles. The second-order valence-electron chi connectivity index (χ2n) is 4.28. The fourth-order valence-corrected chi connectivity index (χ4v) is 2.60. The minimum atomic E-state index is -0.295. The Morgan fingerprint density at radius 3 is 2.91 bits per heavy atom. The molecule has 0 spiro atoms. The van der Waals surface area contributed by atoms with Crippen LogP contribution in [0.4, 0.5) is 5.69 Å². The summed E-state index contributed by atoms with van der Waals surface area (Å²) in [6, 6.07) is 7.21. The maximum absolute atomic E-state index is 12.3. The van der Waals surface area contributed by atoms with E-state index in [2.05, 4.69) is 20.3 Å². The molecule has 3 rings (SSSR count). The number of hydrogen-bond donors (Lipinski definition) is 1. The number of rotatable bonds is 4. The van der Waals surface area contributed by atoms with Crippen molar-refractivity contribution in [2.24, 2.45) is 0 Å². The lowest BCUT2D eigenvalue weighted by Gasteiger charge is -2.08. The van der Waals surface area contributed by atoms with E-state index in [4.69, 9.17) is 4.74 Å².